The fourth-order valence-corrected chi connectivity index (χ4v) is 11.2. The number of nitrogens with zero attached hydrogens (tertiary/aromatic N) is 1. The Morgan fingerprint density at radius 2 is 1.71 bits per heavy atom. The summed E-state index contributed by atoms with van der Waals surface area (Å²) in [6.07, 6.45) is -3.86. The van der Waals surface area contributed by atoms with E-state index in [4.69, 9.17) is 9.47 Å². The van der Waals surface area contributed by atoms with Crippen molar-refractivity contribution in [2.45, 2.75) is 28.8 Å². The van der Waals surface area contributed by atoms with Crippen LogP contribution in [0.1, 0.15) is 28.3 Å². The van der Waals surface area contributed by atoms with Crippen molar-refractivity contribution in [2.24, 2.45) is 29.6 Å². The van der Waals surface area contributed by atoms with Crippen molar-refractivity contribution in [1.82, 2.24) is 4.98 Å². The van der Waals surface area contributed by atoms with E-state index in [0.717, 1.165) is 38.9 Å². The van der Waals surface area contributed by atoms with Crippen LogP contribution in [0.15, 0.2) is 82.6 Å². The summed E-state index contributed by atoms with van der Waals surface area (Å²) in [5.41, 5.74) is 0.336. The number of halogens is 3. The van der Waals surface area contributed by atoms with Crippen LogP contribution in [-0.2, 0) is 20.6 Å². The Hall–Kier alpha value is -4.56. The van der Waals surface area contributed by atoms with E-state index in [-0.39, 0.29) is 51.3 Å². The van der Waals surface area contributed by atoms with Gasteiger partial charge in [0, 0.05) is 27.3 Å². The number of H-pyrrole nitrogens is 1. The first-order valence-corrected chi connectivity index (χ1v) is 17.3. The lowest BCUT2D eigenvalue weighted by atomic mass is 9.68. The zero-order valence-corrected chi connectivity index (χ0v) is 27.4. The van der Waals surface area contributed by atoms with Gasteiger partial charge in [-0.2, -0.15) is 13.2 Å². The lowest BCUT2D eigenvalue weighted by Crippen LogP contribution is -2.42. The number of aromatic nitrogens is 1. The summed E-state index contributed by atoms with van der Waals surface area (Å²) in [6, 6.07) is 18.4. The molecule has 2 aliphatic heterocycles. The number of hydrogen-bond acceptors (Lipinski definition) is 8. The second-order valence-electron chi connectivity index (χ2n) is 12.6. The third-order valence-corrected chi connectivity index (χ3v) is 12.7. The van der Waals surface area contributed by atoms with Crippen molar-refractivity contribution in [2.75, 3.05) is 23.9 Å². The SMILES string of the molecule is COc1ccc(N2C(=O)C3C(C2=O)[C@@H]2C[C@H]3C3Sc4[nH]c(=O)sc4[C@H](c4ccccc4OCC(=O)Nc4cccc(C(F)(F)F)c4)C32)cc1. The third kappa shape index (κ3) is 5.23. The number of anilines is 2. The maximum absolute atomic E-state index is 14.1. The molecule has 9 nitrogen and oxygen atoms in total. The molecule has 49 heavy (non-hydrogen) atoms. The normalized spacial score (nSPS) is 26.7. The van der Waals surface area contributed by atoms with Crippen LogP contribution in [0, 0.1) is 29.6 Å². The Balaban J connectivity index is 1.09. The van der Waals surface area contributed by atoms with Gasteiger partial charge in [0.25, 0.3) is 5.91 Å². The van der Waals surface area contributed by atoms with Crippen LogP contribution < -0.4 is 24.6 Å². The summed E-state index contributed by atoms with van der Waals surface area (Å²) in [4.78, 5) is 58.4. The molecule has 1 saturated heterocycles. The zero-order valence-electron chi connectivity index (χ0n) is 25.7. The number of aromatic amines is 1. The van der Waals surface area contributed by atoms with Crippen LogP contribution in [0.5, 0.6) is 11.5 Å². The highest BCUT2D eigenvalue weighted by atomic mass is 32.2. The molecule has 2 saturated carbocycles. The summed E-state index contributed by atoms with van der Waals surface area (Å²) < 4.78 is 50.8. The van der Waals surface area contributed by atoms with Gasteiger partial charge < -0.3 is 19.8 Å². The number of carbonyl (C=O) groups excluding carboxylic acids is 3. The van der Waals surface area contributed by atoms with Gasteiger partial charge >= 0.3 is 11.0 Å². The number of benzene rings is 3. The van der Waals surface area contributed by atoms with E-state index in [0.29, 0.717) is 23.6 Å². The van der Waals surface area contributed by atoms with Crippen LogP contribution in [-0.4, -0.2) is 41.7 Å². The van der Waals surface area contributed by atoms with E-state index >= 15 is 0 Å². The number of fused-ring (bicyclic) bond motifs is 9. The van der Waals surface area contributed by atoms with Gasteiger partial charge in [-0.25, -0.2) is 0 Å². The molecule has 4 aliphatic rings. The molecule has 252 valence electrons. The minimum atomic E-state index is -4.56. The molecule has 2 bridgehead atoms. The molecule has 2 aliphatic carbocycles. The van der Waals surface area contributed by atoms with E-state index < -0.39 is 36.1 Å². The van der Waals surface area contributed by atoms with Gasteiger partial charge in [-0.15, -0.1) is 11.8 Å². The lowest BCUT2D eigenvalue weighted by molar-refractivity contribution is -0.137. The molecule has 4 aromatic rings. The zero-order chi connectivity index (χ0) is 34.2. The summed E-state index contributed by atoms with van der Waals surface area (Å²) in [5, 5.41) is 3.14. The molecule has 3 aromatic carbocycles. The number of nitrogens with one attached hydrogen (secondary N) is 2. The number of thioether (sulfide) groups is 1. The smallest absolute Gasteiger partial charge is 0.416 e. The van der Waals surface area contributed by atoms with Crippen LogP contribution in [0.2, 0.25) is 0 Å². The third-order valence-electron chi connectivity index (χ3n) is 10.1. The highest BCUT2D eigenvalue weighted by Crippen LogP contribution is 2.69. The molecule has 3 fully saturated rings. The molecule has 3 amide bonds. The van der Waals surface area contributed by atoms with Crippen molar-refractivity contribution in [3.63, 3.8) is 0 Å². The molecule has 3 heterocycles. The number of thiazole rings is 1. The van der Waals surface area contributed by atoms with Crippen LogP contribution in [0.4, 0.5) is 24.5 Å². The van der Waals surface area contributed by atoms with Crippen LogP contribution >= 0.6 is 23.1 Å². The Labute approximate surface area is 285 Å². The summed E-state index contributed by atoms with van der Waals surface area (Å²) in [5.74, 6) is -1.74. The minimum absolute atomic E-state index is 0.0124. The van der Waals surface area contributed by atoms with Crippen molar-refractivity contribution in [3.05, 3.63) is 98.5 Å². The molecule has 0 spiro atoms. The highest BCUT2D eigenvalue weighted by Gasteiger charge is 2.69. The fourth-order valence-electron chi connectivity index (χ4n) is 8.33. The topological polar surface area (TPSA) is 118 Å². The van der Waals surface area contributed by atoms with E-state index in [2.05, 4.69) is 10.3 Å². The second kappa shape index (κ2) is 11.8. The van der Waals surface area contributed by atoms with Gasteiger partial charge in [-0.1, -0.05) is 35.6 Å². The van der Waals surface area contributed by atoms with Gasteiger partial charge in [-0.05, 0) is 72.7 Å². The van der Waals surface area contributed by atoms with E-state index in [1.54, 1.807) is 55.3 Å². The molecule has 2 N–H and O–H groups in total. The van der Waals surface area contributed by atoms with Crippen molar-refractivity contribution >= 4 is 52.2 Å². The predicted molar refractivity (Wildman–Crippen MR) is 176 cm³/mol. The van der Waals surface area contributed by atoms with Gasteiger partial charge in [0.05, 0.1) is 35.2 Å². The van der Waals surface area contributed by atoms with E-state index in [9.17, 15) is 32.3 Å². The number of para-hydroxylation sites is 1. The van der Waals surface area contributed by atoms with Gasteiger partial charge in [0.15, 0.2) is 6.61 Å². The predicted octanol–water partition coefficient (Wildman–Crippen LogP) is 6.16. The second-order valence-corrected chi connectivity index (χ2v) is 14.8. The minimum Gasteiger partial charge on any atom is -0.497 e. The average Bonchev–Trinajstić information content (AvgIpc) is 3.82. The Morgan fingerprint density at radius 1 is 0.980 bits per heavy atom. The first-order valence-electron chi connectivity index (χ1n) is 15.6. The molecule has 1 aromatic heterocycles. The maximum Gasteiger partial charge on any atom is 0.416 e. The molecule has 8 rings (SSSR count). The van der Waals surface area contributed by atoms with E-state index in [1.165, 1.54) is 17.0 Å². The lowest BCUT2D eigenvalue weighted by Gasteiger charge is -2.43. The van der Waals surface area contributed by atoms with E-state index in [1.807, 2.05) is 12.1 Å². The Kier molecular flexibility index (Phi) is 7.63. The van der Waals surface area contributed by atoms with Crippen molar-refractivity contribution < 1.29 is 37.0 Å². The average molecular weight is 708 g/mol. The molecule has 14 heteroatoms. The van der Waals surface area contributed by atoms with Gasteiger partial charge in [0.1, 0.15) is 11.5 Å². The number of imide groups is 1. The largest absolute Gasteiger partial charge is 0.497 e. The summed E-state index contributed by atoms with van der Waals surface area (Å²) in [6.45, 7) is -0.473. The quantitative estimate of drug-likeness (QED) is 0.221. The van der Waals surface area contributed by atoms with Crippen LogP contribution in [0.3, 0.4) is 0 Å². The highest BCUT2D eigenvalue weighted by molar-refractivity contribution is 8.00. The number of ether oxygens (including phenoxy) is 2. The number of alkyl halides is 3. The van der Waals surface area contributed by atoms with Crippen LogP contribution in [0.25, 0.3) is 0 Å². The first-order chi connectivity index (χ1) is 23.5. The monoisotopic (exact) mass is 707 g/mol. The number of hydrogen-bond donors (Lipinski definition) is 2. The van der Waals surface area contributed by atoms with Crippen molar-refractivity contribution in [1.29, 1.82) is 0 Å². The number of carbonyl (C=O) groups is 3. The number of methoxy groups -OCH3 is 1. The Bertz CT molecular complexity index is 2050. The number of rotatable bonds is 7. The first kappa shape index (κ1) is 31.7. The molecule has 7 atom stereocenters. The van der Waals surface area contributed by atoms with Gasteiger partial charge in [-0.3, -0.25) is 24.1 Å². The Morgan fingerprint density at radius 3 is 2.45 bits per heavy atom. The summed E-state index contributed by atoms with van der Waals surface area (Å²) >= 11 is 2.67. The molecule has 4 unspecified atom stereocenters. The molecular formula is C35H28F3N3O6S2. The molecular weight excluding hydrogens is 680 g/mol. The fraction of sp³-hybridized carbons (Fsp3) is 0.314. The van der Waals surface area contributed by atoms with Crippen molar-refractivity contribution in [3.8, 4) is 11.5 Å². The van der Waals surface area contributed by atoms with Gasteiger partial charge in [0.2, 0.25) is 11.8 Å². The summed E-state index contributed by atoms with van der Waals surface area (Å²) in [7, 11) is 1.55. The maximum atomic E-state index is 14.1. The molecule has 0 radical (unpaired) electrons. The number of amides is 3. The standard InChI is InChI=1S/C35H28F3N3O6S2/c1-46-19-11-9-18(10-12-19)41-32(43)27-21-14-22(28(27)33(41)44)29-26(21)25(30-31(48-29)40-34(45)49-30)20-7-2-3-8-23(20)47-15-24(42)39-17-6-4-5-16(13-17)35(36,37)38/h2-13,21-22,25-29H,14-15H2,1H3,(H,39,42)(H,40,45)/t21-,22-,25-,26?,27?,28?,29?/m1/s1.